The molecule has 6 aromatic rings. The Morgan fingerprint density at radius 3 is 2.69 bits per heavy atom. The molecule has 0 aliphatic heterocycles. The average molecular weight is 466 g/mol. The minimum atomic E-state index is -0.589. The predicted molar refractivity (Wildman–Crippen MR) is 129 cm³/mol. The number of nitrogen functional groups attached to an aromatic ring is 1. The van der Waals surface area contributed by atoms with Crippen LogP contribution in [-0.4, -0.2) is 39.5 Å². The summed E-state index contributed by atoms with van der Waals surface area (Å²) in [6, 6.07) is 15.0. The van der Waals surface area contributed by atoms with Crippen LogP contribution < -0.4 is 5.73 Å². The molecule has 3 N–H and O–H groups in total. The number of anilines is 1. The van der Waals surface area contributed by atoms with E-state index in [1.54, 1.807) is 17.1 Å². The van der Waals surface area contributed by atoms with Crippen LogP contribution in [0.25, 0.3) is 39.2 Å². The number of hydrogen-bond acceptors (Lipinski definition) is 7. The van der Waals surface area contributed by atoms with Crippen LogP contribution in [0.1, 0.15) is 18.5 Å². The molecule has 9 nitrogen and oxygen atoms in total. The topological polar surface area (TPSA) is 120 Å². The second-order valence-corrected chi connectivity index (χ2v) is 8.15. The molecule has 6 rings (SSSR count). The Morgan fingerprint density at radius 1 is 1.00 bits per heavy atom. The number of rotatable bonds is 4. The van der Waals surface area contributed by atoms with Crippen molar-refractivity contribution in [3.05, 3.63) is 84.7 Å². The monoisotopic (exact) mass is 466 g/mol. The highest BCUT2D eigenvalue weighted by Gasteiger charge is 2.25. The fraction of sp³-hybridized carbons (Fsp3) is 0.0800. The number of aromatic hydroxyl groups is 1. The minimum absolute atomic E-state index is 0.209. The van der Waals surface area contributed by atoms with Crippen LogP contribution >= 0.6 is 0 Å². The van der Waals surface area contributed by atoms with Gasteiger partial charge in [-0.3, -0.25) is 4.98 Å². The zero-order valence-electron chi connectivity index (χ0n) is 18.5. The van der Waals surface area contributed by atoms with Crippen molar-refractivity contribution in [2.24, 2.45) is 0 Å². The molecule has 0 saturated carbocycles. The Balaban J connectivity index is 1.61. The van der Waals surface area contributed by atoms with Gasteiger partial charge in [-0.2, -0.15) is 10.2 Å². The fourth-order valence-corrected chi connectivity index (χ4v) is 4.42. The molecule has 1 aromatic carbocycles. The molecule has 0 amide bonds. The van der Waals surface area contributed by atoms with Crippen LogP contribution in [0.3, 0.4) is 0 Å². The van der Waals surface area contributed by atoms with Crippen molar-refractivity contribution in [1.82, 2.24) is 34.3 Å². The number of nitrogens with two attached hydrogens (primary N) is 1. The molecule has 172 valence electrons. The van der Waals surface area contributed by atoms with Gasteiger partial charge in [0.05, 0.1) is 28.3 Å². The molecule has 35 heavy (non-hydrogen) atoms. The van der Waals surface area contributed by atoms with Gasteiger partial charge in [0.15, 0.2) is 5.65 Å². The van der Waals surface area contributed by atoms with Gasteiger partial charge in [-0.1, -0.05) is 6.07 Å². The van der Waals surface area contributed by atoms with Crippen molar-refractivity contribution in [3.63, 3.8) is 0 Å². The summed E-state index contributed by atoms with van der Waals surface area (Å²) in [5.74, 6) is -0.595. The largest absolute Gasteiger partial charge is 0.508 e. The van der Waals surface area contributed by atoms with Crippen molar-refractivity contribution in [2.45, 2.75) is 13.0 Å². The van der Waals surface area contributed by atoms with E-state index in [9.17, 15) is 9.50 Å². The quantitative estimate of drug-likeness (QED) is 0.399. The van der Waals surface area contributed by atoms with Crippen LogP contribution in [0.4, 0.5) is 10.2 Å². The van der Waals surface area contributed by atoms with E-state index >= 15 is 0 Å². The van der Waals surface area contributed by atoms with E-state index in [1.807, 2.05) is 47.8 Å². The van der Waals surface area contributed by atoms with E-state index in [0.717, 1.165) is 28.5 Å². The number of halogens is 1. The summed E-state index contributed by atoms with van der Waals surface area (Å²) in [5.41, 5.74) is 10.8. The lowest BCUT2D eigenvalue weighted by Crippen LogP contribution is -2.11. The van der Waals surface area contributed by atoms with E-state index in [4.69, 9.17) is 10.8 Å². The lowest BCUT2D eigenvalue weighted by Gasteiger charge is -2.14. The minimum Gasteiger partial charge on any atom is -0.508 e. The lowest BCUT2D eigenvalue weighted by atomic mass is 10.1. The van der Waals surface area contributed by atoms with E-state index in [2.05, 4.69) is 20.1 Å². The number of nitrogens with zero attached hydrogens (tertiary/aromatic N) is 7. The van der Waals surface area contributed by atoms with Gasteiger partial charge >= 0.3 is 0 Å². The van der Waals surface area contributed by atoms with Gasteiger partial charge in [0, 0.05) is 29.6 Å². The Bertz CT molecular complexity index is 1690. The van der Waals surface area contributed by atoms with Crippen molar-refractivity contribution in [3.8, 4) is 28.4 Å². The lowest BCUT2D eigenvalue weighted by molar-refractivity contribution is 0.469. The van der Waals surface area contributed by atoms with Crippen molar-refractivity contribution >= 4 is 22.4 Å². The van der Waals surface area contributed by atoms with Gasteiger partial charge in [0.25, 0.3) is 0 Å². The molecule has 0 aliphatic rings. The summed E-state index contributed by atoms with van der Waals surface area (Å²) in [5, 5.41) is 19.8. The van der Waals surface area contributed by atoms with Gasteiger partial charge in [0.2, 0.25) is 0 Å². The Kier molecular flexibility index (Phi) is 4.66. The SMILES string of the molecule is CC(c1cc2cccnn2c1-c1ccccn1)n1nc(-c2cc(O)cc(F)c2)c2c(N)ncnc21. The third-order valence-electron chi connectivity index (χ3n) is 5.97. The summed E-state index contributed by atoms with van der Waals surface area (Å²) >= 11 is 0. The number of phenols is 1. The second kappa shape index (κ2) is 7.87. The smallest absolute Gasteiger partial charge is 0.164 e. The fourth-order valence-electron chi connectivity index (χ4n) is 4.42. The summed E-state index contributed by atoms with van der Waals surface area (Å²) in [6.45, 7) is 1.98. The number of aromatic nitrogens is 7. The number of pyridine rings is 1. The first kappa shape index (κ1) is 20.7. The molecule has 0 radical (unpaired) electrons. The van der Waals surface area contributed by atoms with E-state index in [1.165, 1.54) is 18.5 Å². The molecule has 0 spiro atoms. The molecule has 5 heterocycles. The maximum Gasteiger partial charge on any atom is 0.164 e. The van der Waals surface area contributed by atoms with Crippen molar-refractivity contribution in [2.75, 3.05) is 5.73 Å². The summed E-state index contributed by atoms with van der Waals surface area (Å²) < 4.78 is 17.7. The molecular weight excluding hydrogens is 447 g/mol. The first-order chi connectivity index (χ1) is 17.0. The molecule has 5 aromatic heterocycles. The zero-order chi connectivity index (χ0) is 24.1. The van der Waals surface area contributed by atoms with Crippen LogP contribution in [0, 0.1) is 5.82 Å². The summed E-state index contributed by atoms with van der Waals surface area (Å²) in [6.07, 6.45) is 4.82. The highest BCUT2D eigenvalue weighted by atomic mass is 19.1. The number of hydrogen-bond donors (Lipinski definition) is 2. The molecule has 0 fully saturated rings. The maximum absolute atomic E-state index is 14.1. The van der Waals surface area contributed by atoms with Gasteiger partial charge in [-0.05, 0) is 49.4 Å². The summed E-state index contributed by atoms with van der Waals surface area (Å²) in [4.78, 5) is 13.1. The van der Waals surface area contributed by atoms with Crippen molar-refractivity contribution < 1.29 is 9.50 Å². The number of benzene rings is 1. The van der Waals surface area contributed by atoms with Crippen LogP contribution in [0.15, 0.2) is 73.3 Å². The summed E-state index contributed by atoms with van der Waals surface area (Å²) in [7, 11) is 0. The van der Waals surface area contributed by atoms with Crippen LogP contribution in [0.2, 0.25) is 0 Å². The number of fused-ring (bicyclic) bond motifs is 2. The Labute approximate surface area is 198 Å². The molecular formula is C25H19FN8O. The average Bonchev–Trinajstić information content (AvgIpc) is 3.44. The predicted octanol–water partition coefficient (Wildman–Crippen LogP) is 4.24. The number of phenolic OH excluding ortho intramolecular Hbond substituents is 1. The first-order valence-corrected chi connectivity index (χ1v) is 10.9. The van der Waals surface area contributed by atoms with Gasteiger partial charge in [-0.15, -0.1) is 0 Å². The van der Waals surface area contributed by atoms with Gasteiger partial charge < -0.3 is 10.8 Å². The third-order valence-corrected chi connectivity index (χ3v) is 5.97. The molecule has 0 aliphatic carbocycles. The normalized spacial score (nSPS) is 12.4. The van der Waals surface area contributed by atoms with Gasteiger partial charge in [-0.25, -0.2) is 23.6 Å². The molecule has 0 saturated heterocycles. The maximum atomic E-state index is 14.1. The van der Waals surface area contributed by atoms with E-state index < -0.39 is 5.82 Å². The van der Waals surface area contributed by atoms with Crippen molar-refractivity contribution in [1.29, 1.82) is 0 Å². The van der Waals surface area contributed by atoms with E-state index in [0.29, 0.717) is 22.3 Å². The second-order valence-electron chi connectivity index (χ2n) is 8.15. The molecule has 10 heteroatoms. The first-order valence-electron chi connectivity index (χ1n) is 10.9. The Morgan fingerprint density at radius 2 is 1.89 bits per heavy atom. The zero-order valence-corrected chi connectivity index (χ0v) is 18.5. The third kappa shape index (κ3) is 3.34. The highest BCUT2D eigenvalue weighted by Crippen LogP contribution is 2.37. The van der Waals surface area contributed by atoms with Crippen LogP contribution in [-0.2, 0) is 0 Å². The molecule has 1 unspecified atom stereocenters. The standard InChI is InChI=1S/C25H19FN8O/c1-14(19-12-17-5-4-8-31-34(17)23(19)20-6-2-3-7-28-20)33-25-21(24(27)29-13-30-25)22(32-33)15-9-16(26)11-18(35)10-15/h2-14,35H,1H3,(H2,27,29,30). The van der Waals surface area contributed by atoms with Crippen LogP contribution in [0.5, 0.6) is 5.75 Å². The highest BCUT2D eigenvalue weighted by molar-refractivity contribution is 5.98. The Hall–Kier alpha value is -4.86. The van der Waals surface area contributed by atoms with E-state index in [-0.39, 0.29) is 17.6 Å². The van der Waals surface area contributed by atoms with Gasteiger partial charge in [0.1, 0.15) is 29.4 Å². The molecule has 0 bridgehead atoms. The molecule has 1 atom stereocenters.